The Hall–Kier alpha value is -0.180. The molecule has 0 spiro atoms. The number of hydrogen-bond donors (Lipinski definition) is 0. The second-order valence-corrected chi connectivity index (χ2v) is 7.74. The Morgan fingerprint density at radius 3 is 2.38 bits per heavy atom. The summed E-state index contributed by atoms with van der Waals surface area (Å²) < 4.78 is 50.2. The maximum atomic E-state index is 11.3. The maximum absolute atomic E-state index is 11.3. The van der Waals surface area contributed by atoms with Crippen LogP contribution >= 0.6 is 0 Å². The van der Waals surface area contributed by atoms with Crippen LogP contribution in [-0.2, 0) is 24.3 Å². The Labute approximate surface area is 96.8 Å². The molecule has 1 aliphatic heterocycles. The smallest absolute Gasteiger partial charge is 0.264 e. The first kappa shape index (κ1) is 13.9. The van der Waals surface area contributed by atoms with E-state index < -0.39 is 20.1 Å². The zero-order valence-electron chi connectivity index (χ0n) is 9.42. The normalized spacial score (nSPS) is 24.5. The minimum Gasteiger partial charge on any atom is -0.270 e. The van der Waals surface area contributed by atoms with E-state index in [2.05, 4.69) is 4.18 Å². The Balaban J connectivity index is 2.52. The van der Waals surface area contributed by atoms with Gasteiger partial charge in [0.25, 0.3) is 10.1 Å². The molecule has 0 radical (unpaired) electrons. The molecule has 1 rings (SSSR count). The fourth-order valence-electron chi connectivity index (χ4n) is 1.68. The van der Waals surface area contributed by atoms with Crippen molar-refractivity contribution >= 4 is 20.1 Å². The van der Waals surface area contributed by atoms with Crippen LogP contribution in [0.5, 0.6) is 0 Å². The van der Waals surface area contributed by atoms with Crippen molar-refractivity contribution in [2.75, 3.05) is 32.2 Å². The van der Waals surface area contributed by atoms with Gasteiger partial charge in [-0.15, -0.1) is 0 Å². The van der Waals surface area contributed by atoms with E-state index in [1.54, 1.807) is 0 Å². The molecule has 16 heavy (non-hydrogen) atoms. The molecule has 0 aromatic heterocycles. The number of sulfonamides is 1. The molecule has 1 fully saturated rings. The van der Waals surface area contributed by atoms with Gasteiger partial charge in [0.15, 0.2) is 0 Å². The lowest BCUT2D eigenvalue weighted by Gasteiger charge is -2.30. The first-order valence-corrected chi connectivity index (χ1v) is 8.64. The van der Waals surface area contributed by atoms with E-state index in [9.17, 15) is 16.8 Å². The predicted octanol–water partition coefficient (Wildman–Crippen LogP) is -0.366. The van der Waals surface area contributed by atoms with E-state index >= 15 is 0 Å². The van der Waals surface area contributed by atoms with Crippen molar-refractivity contribution in [3.05, 3.63) is 0 Å². The molecular weight excluding hydrogens is 254 g/mol. The van der Waals surface area contributed by atoms with Crippen LogP contribution in [0.25, 0.3) is 0 Å². The second-order valence-electron chi connectivity index (χ2n) is 4.12. The molecule has 0 aromatic rings. The molecule has 1 atom stereocenters. The summed E-state index contributed by atoms with van der Waals surface area (Å²) in [6.45, 7) is 0.910. The monoisotopic (exact) mass is 271 g/mol. The number of hydrogen-bond acceptors (Lipinski definition) is 5. The van der Waals surface area contributed by atoms with Crippen molar-refractivity contribution in [1.29, 1.82) is 0 Å². The molecule has 0 saturated carbocycles. The molecule has 0 amide bonds. The van der Waals surface area contributed by atoms with Crippen LogP contribution in [0.4, 0.5) is 0 Å². The van der Waals surface area contributed by atoms with Gasteiger partial charge >= 0.3 is 0 Å². The summed E-state index contributed by atoms with van der Waals surface area (Å²) in [6, 6.07) is 0. The molecule has 0 aliphatic carbocycles. The van der Waals surface area contributed by atoms with Crippen LogP contribution in [-0.4, -0.2) is 53.3 Å². The van der Waals surface area contributed by atoms with Crippen molar-refractivity contribution in [3.63, 3.8) is 0 Å². The maximum Gasteiger partial charge on any atom is 0.264 e. The van der Waals surface area contributed by atoms with Crippen LogP contribution in [0.3, 0.4) is 0 Å². The van der Waals surface area contributed by atoms with Crippen molar-refractivity contribution in [3.8, 4) is 0 Å². The molecule has 8 heteroatoms. The van der Waals surface area contributed by atoms with E-state index in [-0.39, 0.29) is 12.5 Å². The minimum atomic E-state index is -3.44. The predicted molar refractivity (Wildman–Crippen MR) is 59.9 cm³/mol. The van der Waals surface area contributed by atoms with Gasteiger partial charge in [-0.25, -0.2) is 12.7 Å². The molecule has 1 aliphatic rings. The highest BCUT2D eigenvalue weighted by Crippen LogP contribution is 2.19. The van der Waals surface area contributed by atoms with Crippen molar-refractivity contribution in [2.24, 2.45) is 5.92 Å². The third kappa shape index (κ3) is 4.77. The molecule has 0 N–H and O–H groups in total. The van der Waals surface area contributed by atoms with Gasteiger partial charge in [-0.1, -0.05) is 0 Å². The van der Waals surface area contributed by atoms with Gasteiger partial charge in [0.1, 0.15) is 0 Å². The lowest BCUT2D eigenvalue weighted by atomic mass is 10.0. The summed E-state index contributed by atoms with van der Waals surface area (Å²) in [7, 11) is -6.63. The van der Waals surface area contributed by atoms with Crippen LogP contribution in [0.15, 0.2) is 0 Å². The van der Waals surface area contributed by atoms with E-state index in [1.165, 1.54) is 4.31 Å². The zero-order valence-corrected chi connectivity index (χ0v) is 11.1. The largest absolute Gasteiger partial charge is 0.270 e. The first-order chi connectivity index (χ1) is 7.18. The number of rotatable bonds is 4. The van der Waals surface area contributed by atoms with E-state index in [4.69, 9.17) is 0 Å². The summed E-state index contributed by atoms with van der Waals surface area (Å²) in [4.78, 5) is 0. The molecule has 0 unspecified atom stereocenters. The molecule has 1 saturated heterocycles. The summed E-state index contributed by atoms with van der Waals surface area (Å²) >= 11 is 0. The van der Waals surface area contributed by atoms with E-state index in [0.29, 0.717) is 13.1 Å². The average molecular weight is 271 g/mol. The summed E-state index contributed by atoms with van der Waals surface area (Å²) in [5.41, 5.74) is 0. The highest BCUT2D eigenvalue weighted by Gasteiger charge is 2.26. The van der Waals surface area contributed by atoms with Crippen LogP contribution in [0.2, 0.25) is 0 Å². The molecule has 96 valence electrons. The van der Waals surface area contributed by atoms with Crippen molar-refractivity contribution in [2.45, 2.75) is 12.8 Å². The third-order valence-corrected chi connectivity index (χ3v) is 4.30. The lowest BCUT2D eigenvalue weighted by molar-refractivity contribution is 0.186. The fraction of sp³-hybridized carbons (Fsp3) is 1.00. The molecule has 1 heterocycles. The standard InChI is InChI=1S/C8H17NO5S2/c1-15(10,11)9-5-3-4-8(6-9)7-14-16(2,12)13/h8H,3-7H2,1-2H3/t8-/m1/s1. The lowest BCUT2D eigenvalue weighted by Crippen LogP contribution is -2.40. The van der Waals surface area contributed by atoms with Gasteiger partial charge in [0, 0.05) is 13.1 Å². The van der Waals surface area contributed by atoms with E-state index in [1.807, 2.05) is 0 Å². The zero-order chi connectivity index (χ0) is 12.4. The van der Waals surface area contributed by atoms with Gasteiger partial charge in [0.05, 0.1) is 19.1 Å². The van der Waals surface area contributed by atoms with Crippen LogP contribution in [0, 0.1) is 5.92 Å². The summed E-state index contributed by atoms with van der Waals surface area (Å²) in [5.74, 6) is -0.0433. The number of piperidine rings is 1. The van der Waals surface area contributed by atoms with Gasteiger partial charge < -0.3 is 0 Å². The summed E-state index contributed by atoms with van der Waals surface area (Å²) in [5, 5.41) is 0. The Kier molecular flexibility index (Phi) is 4.33. The second kappa shape index (κ2) is 4.99. The molecule has 6 nitrogen and oxygen atoms in total. The SMILES string of the molecule is CS(=O)(=O)OC[C@@H]1CCCN(S(C)(=O)=O)C1. The Morgan fingerprint density at radius 1 is 1.25 bits per heavy atom. The minimum absolute atomic E-state index is 0.0433. The highest BCUT2D eigenvalue weighted by molar-refractivity contribution is 7.88. The molecule has 0 aromatic carbocycles. The average Bonchev–Trinajstić information content (AvgIpc) is 2.13. The van der Waals surface area contributed by atoms with Crippen LogP contribution in [0.1, 0.15) is 12.8 Å². The molecule has 0 bridgehead atoms. The first-order valence-electron chi connectivity index (χ1n) is 4.98. The Morgan fingerprint density at radius 2 is 1.88 bits per heavy atom. The van der Waals surface area contributed by atoms with Gasteiger partial charge in [-0.05, 0) is 18.8 Å². The van der Waals surface area contributed by atoms with Gasteiger partial charge in [0.2, 0.25) is 10.0 Å². The quantitative estimate of drug-likeness (QED) is 0.652. The van der Waals surface area contributed by atoms with Crippen molar-refractivity contribution in [1.82, 2.24) is 4.31 Å². The topological polar surface area (TPSA) is 80.8 Å². The van der Waals surface area contributed by atoms with Crippen LogP contribution < -0.4 is 0 Å². The highest BCUT2D eigenvalue weighted by atomic mass is 32.2. The van der Waals surface area contributed by atoms with E-state index in [0.717, 1.165) is 25.4 Å². The van der Waals surface area contributed by atoms with Gasteiger partial charge in [-0.3, -0.25) is 4.18 Å². The van der Waals surface area contributed by atoms with Crippen molar-refractivity contribution < 1.29 is 21.0 Å². The van der Waals surface area contributed by atoms with Gasteiger partial charge in [-0.2, -0.15) is 8.42 Å². The third-order valence-electron chi connectivity index (χ3n) is 2.47. The number of nitrogens with zero attached hydrogens (tertiary/aromatic N) is 1. The Bertz CT molecular complexity index is 427. The molecular formula is C8H17NO5S2. The fourth-order valence-corrected chi connectivity index (χ4v) is 3.07. The summed E-state index contributed by atoms with van der Waals surface area (Å²) in [6.07, 6.45) is 3.68.